The first-order valence-corrected chi connectivity index (χ1v) is 5.55. The zero-order chi connectivity index (χ0) is 13.7. The average Bonchev–Trinajstić information content (AvgIpc) is 2.28. The Balaban J connectivity index is 2.62. The monoisotopic (exact) mass is 252 g/mol. The normalized spacial score (nSPS) is 11.9. The number of benzene rings is 1. The highest BCUT2D eigenvalue weighted by molar-refractivity contribution is 5.78. The van der Waals surface area contributed by atoms with Gasteiger partial charge < -0.3 is 10.0 Å². The third-order valence-electron chi connectivity index (χ3n) is 2.47. The van der Waals surface area contributed by atoms with Crippen molar-refractivity contribution in [3.63, 3.8) is 0 Å². The van der Waals surface area contributed by atoms with Crippen molar-refractivity contribution in [1.29, 1.82) is 0 Å². The van der Waals surface area contributed by atoms with E-state index < -0.39 is 11.0 Å². The highest BCUT2D eigenvalue weighted by atomic mass is 16.6. The molecule has 1 N–H and O–H groups in total. The molecule has 0 saturated heterocycles. The summed E-state index contributed by atoms with van der Waals surface area (Å²) in [5.74, 6) is -0.134. The quantitative estimate of drug-likeness (QED) is 0.625. The summed E-state index contributed by atoms with van der Waals surface area (Å²) < 4.78 is 0. The zero-order valence-electron chi connectivity index (χ0n) is 10.4. The summed E-state index contributed by atoms with van der Waals surface area (Å²) in [7, 11) is 1.61. The number of nitro groups is 1. The lowest BCUT2D eigenvalue weighted by Gasteiger charge is -2.18. The van der Waals surface area contributed by atoms with Crippen molar-refractivity contribution >= 4 is 11.6 Å². The number of likely N-dealkylation sites (N-methyl/N-ethyl adjacent to an activating group) is 1. The molecular weight excluding hydrogens is 236 g/mol. The fourth-order valence-corrected chi connectivity index (χ4v) is 1.54. The van der Waals surface area contributed by atoms with E-state index in [0.29, 0.717) is 5.56 Å². The lowest BCUT2D eigenvalue weighted by atomic mass is 10.1. The number of hydrogen-bond donors (Lipinski definition) is 1. The van der Waals surface area contributed by atoms with Crippen molar-refractivity contribution in [2.75, 3.05) is 13.6 Å². The molecule has 1 amide bonds. The topological polar surface area (TPSA) is 83.7 Å². The molecular formula is C12H16N2O4. The molecule has 0 saturated carbocycles. The Morgan fingerprint density at radius 3 is 2.44 bits per heavy atom. The van der Waals surface area contributed by atoms with Crippen LogP contribution in [-0.4, -0.2) is 40.5 Å². The van der Waals surface area contributed by atoms with Crippen LogP contribution in [-0.2, 0) is 11.2 Å². The van der Waals surface area contributed by atoms with Crippen LogP contribution >= 0.6 is 0 Å². The van der Waals surface area contributed by atoms with E-state index in [4.69, 9.17) is 5.11 Å². The molecule has 6 heteroatoms. The number of nitrogens with zero attached hydrogens (tertiary/aromatic N) is 2. The largest absolute Gasteiger partial charge is 0.392 e. The Morgan fingerprint density at radius 1 is 1.44 bits per heavy atom. The standard InChI is InChI=1S/C12H16N2O4/c1-9(15)8-13(2)12(16)7-10-3-5-11(6-4-10)14(17)18/h3-6,9,15H,7-8H2,1-2H3. The van der Waals surface area contributed by atoms with Crippen molar-refractivity contribution in [3.05, 3.63) is 39.9 Å². The Labute approximate surface area is 105 Å². The van der Waals surface area contributed by atoms with Crippen molar-refractivity contribution in [3.8, 4) is 0 Å². The van der Waals surface area contributed by atoms with Gasteiger partial charge in [0.2, 0.25) is 5.91 Å². The van der Waals surface area contributed by atoms with Gasteiger partial charge in [0.25, 0.3) is 5.69 Å². The van der Waals surface area contributed by atoms with Crippen LogP contribution in [0.3, 0.4) is 0 Å². The summed E-state index contributed by atoms with van der Waals surface area (Å²) in [6.45, 7) is 1.88. The van der Waals surface area contributed by atoms with Gasteiger partial charge in [-0.15, -0.1) is 0 Å². The minimum atomic E-state index is -0.573. The van der Waals surface area contributed by atoms with Crippen LogP contribution in [0.1, 0.15) is 12.5 Å². The number of aliphatic hydroxyl groups excluding tert-OH is 1. The number of nitro benzene ring substituents is 1. The molecule has 0 aliphatic rings. The number of rotatable bonds is 5. The van der Waals surface area contributed by atoms with Crippen LogP contribution in [0.5, 0.6) is 0 Å². The molecule has 1 aromatic carbocycles. The second-order valence-electron chi connectivity index (χ2n) is 4.22. The van der Waals surface area contributed by atoms with Gasteiger partial charge in [-0.05, 0) is 12.5 Å². The molecule has 0 radical (unpaired) electrons. The van der Waals surface area contributed by atoms with Gasteiger partial charge in [0.05, 0.1) is 17.4 Å². The summed E-state index contributed by atoms with van der Waals surface area (Å²) in [5.41, 5.74) is 0.714. The van der Waals surface area contributed by atoms with Gasteiger partial charge in [0.15, 0.2) is 0 Å². The number of carbonyl (C=O) groups is 1. The van der Waals surface area contributed by atoms with Crippen LogP contribution in [0.2, 0.25) is 0 Å². The molecule has 1 unspecified atom stereocenters. The first-order chi connectivity index (χ1) is 8.40. The van der Waals surface area contributed by atoms with E-state index in [-0.39, 0.29) is 24.6 Å². The number of non-ortho nitro benzene ring substituents is 1. The van der Waals surface area contributed by atoms with Crippen molar-refractivity contribution < 1.29 is 14.8 Å². The molecule has 0 bridgehead atoms. The third kappa shape index (κ3) is 4.14. The predicted molar refractivity (Wildman–Crippen MR) is 66.1 cm³/mol. The Morgan fingerprint density at radius 2 is 2.00 bits per heavy atom. The molecule has 1 atom stereocenters. The van der Waals surface area contributed by atoms with Gasteiger partial charge in [0.1, 0.15) is 0 Å². The summed E-state index contributed by atoms with van der Waals surface area (Å²) in [4.78, 5) is 23.2. The fraction of sp³-hybridized carbons (Fsp3) is 0.417. The maximum Gasteiger partial charge on any atom is 0.269 e. The van der Waals surface area contributed by atoms with E-state index in [0.717, 1.165) is 0 Å². The lowest BCUT2D eigenvalue weighted by Crippen LogP contribution is -2.34. The Hall–Kier alpha value is -1.95. The average molecular weight is 252 g/mol. The van der Waals surface area contributed by atoms with Gasteiger partial charge >= 0.3 is 0 Å². The highest BCUT2D eigenvalue weighted by Crippen LogP contribution is 2.12. The smallest absolute Gasteiger partial charge is 0.269 e. The second-order valence-corrected chi connectivity index (χ2v) is 4.22. The molecule has 0 aromatic heterocycles. The summed E-state index contributed by atoms with van der Waals surface area (Å²) >= 11 is 0. The minimum absolute atomic E-state index is 0.00327. The number of aliphatic hydroxyl groups is 1. The van der Waals surface area contributed by atoms with Gasteiger partial charge in [-0.1, -0.05) is 12.1 Å². The van der Waals surface area contributed by atoms with E-state index in [1.807, 2.05) is 0 Å². The van der Waals surface area contributed by atoms with Crippen LogP contribution in [0.4, 0.5) is 5.69 Å². The van der Waals surface area contributed by atoms with Crippen molar-refractivity contribution in [2.24, 2.45) is 0 Å². The lowest BCUT2D eigenvalue weighted by molar-refractivity contribution is -0.384. The van der Waals surface area contributed by atoms with E-state index in [1.165, 1.54) is 17.0 Å². The molecule has 0 aliphatic heterocycles. The van der Waals surface area contributed by atoms with Crippen LogP contribution in [0.15, 0.2) is 24.3 Å². The van der Waals surface area contributed by atoms with E-state index in [2.05, 4.69) is 0 Å². The first kappa shape index (κ1) is 14.1. The van der Waals surface area contributed by atoms with Crippen LogP contribution in [0.25, 0.3) is 0 Å². The number of hydrogen-bond acceptors (Lipinski definition) is 4. The van der Waals surface area contributed by atoms with Crippen molar-refractivity contribution in [2.45, 2.75) is 19.4 Å². The summed E-state index contributed by atoms with van der Waals surface area (Å²) in [6, 6.07) is 5.87. The van der Waals surface area contributed by atoms with E-state index >= 15 is 0 Å². The molecule has 0 spiro atoms. The van der Waals surface area contributed by atoms with Gasteiger partial charge in [-0.25, -0.2) is 0 Å². The molecule has 0 aliphatic carbocycles. The minimum Gasteiger partial charge on any atom is -0.392 e. The van der Waals surface area contributed by atoms with Crippen molar-refractivity contribution in [1.82, 2.24) is 4.90 Å². The molecule has 18 heavy (non-hydrogen) atoms. The zero-order valence-corrected chi connectivity index (χ0v) is 10.4. The Bertz CT molecular complexity index is 428. The van der Waals surface area contributed by atoms with E-state index in [9.17, 15) is 14.9 Å². The molecule has 6 nitrogen and oxygen atoms in total. The van der Waals surface area contributed by atoms with E-state index in [1.54, 1.807) is 26.1 Å². The first-order valence-electron chi connectivity index (χ1n) is 5.55. The molecule has 1 aromatic rings. The van der Waals surface area contributed by atoms with Gasteiger partial charge in [0, 0.05) is 25.7 Å². The summed E-state index contributed by atoms with van der Waals surface area (Å²) in [5, 5.41) is 19.6. The summed E-state index contributed by atoms with van der Waals surface area (Å²) in [6.07, 6.45) is -0.405. The molecule has 0 fully saturated rings. The predicted octanol–water partition coefficient (Wildman–Crippen LogP) is 0.976. The molecule has 1 rings (SSSR count). The molecule has 98 valence electrons. The SMILES string of the molecule is CC(O)CN(C)C(=O)Cc1ccc([N+](=O)[O-])cc1. The number of amides is 1. The van der Waals surface area contributed by atoms with Gasteiger partial charge in [-0.3, -0.25) is 14.9 Å². The van der Waals surface area contributed by atoms with Crippen LogP contribution in [0, 0.1) is 10.1 Å². The number of carbonyl (C=O) groups excluding carboxylic acids is 1. The van der Waals surface area contributed by atoms with Gasteiger partial charge in [-0.2, -0.15) is 0 Å². The highest BCUT2D eigenvalue weighted by Gasteiger charge is 2.12. The van der Waals surface area contributed by atoms with Crippen LogP contribution < -0.4 is 0 Å². The third-order valence-corrected chi connectivity index (χ3v) is 2.47. The fourth-order valence-electron chi connectivity index (χ4n) is 1.54. The second kappa shape index (κ2) is 6.11. The Kier molecular flexibility index (Phi) is 4.79. The molecule has 0 heterocycles. The maximum absolute atomic E-state index is 11.7. The maximum atomic E-state index is 11.7.